The lowest BCUT2D eigenvalue weighted by Gasteiger charge is -2.37. The van der Waals surface area contributed by atoms with Gasteiger partial charge < -0.3 is 29.5 Å². The molecular formula is C51H67BrN2O10S3. The molecule has 0 amide bonds. The monoisotopic (exact) mass is 1040 g/mol. The minimum atomic E-state index is -3.66. The van der Waals surface area contributed by atoms with Gasteiger partial charge >= 0.3 is 11.9 Å². The highest BCUT2D eigenvalue weighted by molar-refractivity contribution is 9.10. The van der Waals surface area contributed by atoms with Crippen LogP contribution in [0.4, 0.5) is 22.7 Å². The van der Waals surface area contributed by atoms with Crippen LogP contribution >= 0.6 is 27.7 Å². The Bertz CT molecular complexity index is 2490. The van der Waals surface area contributed by atoms with Gasteiger partial charge in [0.15, 0.2) is 32.9 Å². The van der Waals surface area contributed by atoms with E-state index < -0.39 is 44.8 Å². The van der Waals surface area contributed by atoms with Crippen molar-refractivity contribution in [3.05, 3.63) is 89.4 Å². The molecule has 0 saturated heterocycles. The third-order valence-corrected chi connectivity index (χ3v) is 17.9. The molecule has 0 aliphatic carbocycles. The molecule has 0 unspecified atom stereocenters. The first-order chi connectivity index (χ1) is 32.0. The number of carboxylic acid groups (broad SMARTS) is 2. The number of hydrogen-bond acceptors (Lipinski definition) is 11. The smallest absolute Gasteiger partial charge is 0.341 e. The third kappa shape index (κ3) is 13.9. The Morgan fingerprint density at radius 1 is 0.612 bits per heavy atom. The van der Waals surface area contributed by atoms with Crippen molar-refractivity contribution in [1.29, 1.82) is 0 Å². The number of sulfone groups is 2. The zero-order valence-electron chi connectivity index (χ0n) is 39.5. The van der Waals surface area contributed by atoms with Crippen molar-refractivity contribution < 1.29 is 46.1 Å². The first-order valence-corrected chi connectivity index (χ1v) is 28.6. The van der Waals surface area contributed by atoms with Gasteiger partial charge in [0.05, 0.1) is 42.0 Å². The maximum absolute atomic E-state index is 13.9. The molecule has 0 atom stereocenters. The molecule has 67 heavy (non-hydrogen) atoms. The normalized spacial score (nSPS) is 16.6. The highest BCUT2D eigenvalue weighted by Gasteiger charge is 2.44. The summed E-state index contributed by atoms with van der Waals surface area (Å²) in [5, 5.41) is 18.1. The second kappa shape index (κ2) is 24.3. The number of fused-ring (bicyclic) bond motifs is 2. The maximum atomic E-state index is 13.9. The number of ether oxygens (including phenoxy) is 2. The number of halogens is 1. The lowest BCUT2D eigenvalue weighted by molar-refractivity contribution is -0.140. The van der Waals surface area contributed by atoms with Gasteiger partial charge in [0.25, 0.3) is 0 Å². The van der Waals surface area contributed by atoms with Crippen LogP contribution < -0.4 is 19.3 Å². The van der Waals surface area contributed by atoms with Crippen molar-refractivity contribution in [2.45, 2.75) is 119 Å². The number of nitrogens with zero attached hydrogens (tertiary/aromatic N) is 2. The molecule has 4 aromatic rings. The highest BCUT2D eigenvalue weighted by atomic mass is 79.9. The van der Waals surface area contributed by atoms with E-state index in [0.717, 1.165) is 88.4 Å². The van der Waals surface area contributed by atoms with Gasteiger partial charge in [-0.3, -0.25) is 0 Å². The van der Waals surface area contributed by atoms with Crippen LogP contribution in [0.25, 0.3) is 0 Å². The number of para-hydroxylation sites is 2. The number of anilines is 4. The number of thioether (sulfide) groups is 1. The molecule has 12 nitrogen and oxygen atoms in total. The van der Waals surface area contributed by atoms with E-state index in [1.165, 1.54) is 23.9 Å². The molecule has 6 rings (SSSR count). The van der Waals surface area contributed by atoms with Gasteiger partial charge in [0.2, 0.25) is 0 Å². The van der Waals surface area contributed by atoms with Gasteiger partial charge in [-0.05, 0) is 84.3 Å². The summed E-state index contributed by atoms with van der Waals surface area (Å²) in [4.78, 5) is 27.5. The Kier molecular flexibility index (Phi) is 19.5. The highest BCUT2D eigenvalue weighted by Crippen LogP contribution is 2.49. The number of unbranched alkanes of at least 4 members (excludes halogenated alkanes) is 4. The summed E-state index contributed by atoms with van der Waals surface area (Å²) in [6.07, 6.45) is 13.1. The number of aliphatic carboxylic acids is 2. The van der Waals surface area contributed by atoms with E-state index in [0.29, 0.717) is 39.6 Å². The minimum absolute atomic E-state index is 0.0658. The molecule has 4 aromatic carbocycles. The average Bonchev–Trinajstić information content (AvgIpc) is 3.47. The van der Waals surface area contributed by atoms with Crippen molar-refractivity contribution >= 4 is 82.1 Å². The molecule has 0 radical (unpaired) electrons. The minimum Gasteiger partial charge on any atom is -0.481 e. The Balaban J connectivity index is 0.000000251. The molecular weight excluding hydrogens is 977 g/mol. The Morgan fingerprint density at radius 2 is 0.985 bits per heavy atom. The van der Waals surface area contributed by atoms with Gasteiger partial charge in [-0.15, -0.1) is 11.8 Å². The molecule has 366 valence electrons. The Hall–Kier alpha value is -4.25. The first-order valence-electron chi connectivity index (χ1n) is 23.3. The Labute approximate surface area is 410 Å². The molecule has 2 N–H and O–H groups in total. The van der Waals surface area contributed by atoms with E-state index in [9.17, 15) is 26.4 Å². The SMILES string of the molecule is CCCCC1(CCCC)CN(c2ccccc2)c2cc(Br)c(OCC(=O)O)cc2S(=O)(=O)C1.CCCCC1(CCCC)CN(c2ccccc2)c2cc(SC)c(OCC(=O)O)cc2S(=O)(=O)C1. The molecule has 2 aliphatic rings. The van der Waals surface area contributed by atoms with Crippen LogP contribution in [0.3, 0.4) is 0 Å². The summed E-state index contributed by atoms with van der Waals surface area (Å²) in [6.45, 7) is 8.69. The number of hydrogen-bond donors (Lipinski definition) is 2. The van der Waals surface area contributed by atoms with Crippen LogP contribution in [0.15, 0.2) is 104 Å². The number of carboxylic acids is 2. The molecule has 0 aromatic heterocycles. The Morgan fingerprint density at radius 3 is 1.36 bits per heavy atom. The largest absolute Gasteiger partial charge is 0.481 e. The first kappa shape index (κ1) is 53.7. The van der Waals surface area contributed by atoms with Gasteiger partial charge in [-0.25, -0.2) is 26.4 Å². The summed E-state index contributed by atoms with van der Waals surface area (Å²) in [6, 6.07) is 26.3. The molecule has 2 aliphatic heterocycles. The van der Waals surface area contributed by atoms with E-state index in [1.54, 1.807) is 6.07 Å². The molecule has 0 bridgehead atoms. The van der Waals surface area contributed by atoms with Gasteiger partial charge in [-0.1, -0.05) is 115 Å². The van der Waals surface area contributed by atoms with Crippen molar-refractivity contribution in [3.63, 3.8) is 0 Å². The fourth-order valence-electron chi connectivity index (χ4n) is 9.27. The predicted molar refractivity (Wildman–Crippen MR) is 273 cm³/mol. The molecule has 0 spiro atoms. The van der Waals surface area contributed by atoms with Gasteiger partial charge in [-0.2, -0.15) is 0 Å². The van der Waals surface area contributed by atoms with Crippen molar-refractivity contribution in [2.24, 2.45) is 10.8 Å². The predicted octanol–water partition coefficient (Wildman–Crippen LogP) is 12.4. The van der Waals surface area contributed by atoms with Gasteiger partial charge in [0.1, 0.15) is 11.5 Å². The van der Waals surface area contributed by atoms with E-state index >= 15 is 0 Å². The summed E-state index contributed by atoms with van der Waals surface area (Å²) in [5.74, 6) is -1.58. The molecule has 2 heterocycles. The van der Waals surface area contributed by atoms with E-state index in [1.807, 2.05) is 73.0 Å². The molecule has 0 saturated carbocycles. The number of carbonyl (C=O) groups is 2. The van der Waals surface area contributed by atoms with Crippen molar-refractivity contribution in [3.8, 4) is 11.5 Å². The zero-order valence-corrected chi connectivity index (χ0v) is 43.5. The van der Waals surface area contributed by atoms with Crippen LogP contribution in [0.1, 0.15) is 105 Å². The summed E-state index contributed by atoms with van der Waals surface area (Å²) < 4.78 is 66.8. The standard InChI is InChI=1S/C26H35NO5S2.C25H32BrNO5S/c1-4-6-13-26(14-7-5-2)18-27(20-11-9-8-10-12-20)21-15-23(33-3)22(32-17-25(28)29)16-24(21)34(30,31)19-26;1-3-5-12-25(13-6-4-2)17-27(19-10-8-7-9-11-19)21-14-20(26)22(32-16-24(28)29)15-23(21)33(30,31)18-25/h8-12,15-16H,4-7,13-14,17-19H2,1-3H3,(H,28,29);7-11,14-15H,3-6,12-13,16-18H2,1-2H3,(H,28,29). The quantitative estimate of drug-likeness (QED) is 0.0757. The summed E-state index contributed by atoms with van der Waals surface area (Å²) in [5.41, 5.74) is 2.35. The fraction of sp³-hybridized carbons (Fsp3) is 0.490. The topological polar surface area (TPSA) is 168 Å². The number of benzene rings is 4. The second-order valence-corrected chi connectivity index (χ2v) is 23.5. The van der Waals surface area contributed by atoms with Crippen LogP contribution in [-0.2, 0) is 29.3 Å². The van der Waals surface area contributed by atoms with Crippen LogP contribution in [0, 0.1) is 10.8 Å². The van der Waals surface area contributed by atoms with Crippen molar-refractivity contribution in [1.82, 2.24) is 0 Å². The zero-order chi connectivity index (χ0) is 48.8. The van der Waals surface area contributed by atoms with Crippen LogP contribution in [-0.4, -0.2) is 83.1 Å². The third-order valence-electron chi connectivity index (χ3n) is 12.6. The number of rotatable bonds is 21. The lowest BCUT2D eigenvalue weighted by Crippen LogP contribution is -2.38. The summed E-state index contributed by atoms with van der Waals surface area (Å²) in [7, 11) is -7.31. The van der Waals surface area contributed by atoms with E-state index in [2.05, 4.69) is 53.4 Å². The van der Waals surface area contributed by atoms with Gasteiger partial charge in [0, 0.05) is 47.4 Å². The fourth-order valence-corrected chi connectivity index (χ4v) is 14.5. The van der Waals surface area contributed by atoms with E-state index in [-0.39, 0.29) is 37.9 Å². The second-order valence-electron chi connectivity index (χ2n) is 17.9. The van der Waals surface area contributed by atoms with Crippen molar-refractivity contribution in [2.75, 3.05) is 53.9 Å². The molecule has 0 fully saturated rings. The molecule has 16 heteroatoms. The summed E-state index contributed by atoms with van der Waals surface area (Å²) >= 11 is 4.87. The average molecular weight is 1040 g/mol. The van der Waals surface area contributed by atoms with Crippen LogP contribution in [0.5, 0.6) is 11.5 Å². The van der Waals surface area contributed by atoms with E-state index in [4.69, 9.17) is 19.7 Å². The maximum Gasteiger partial charge on any atom is 0.341 e. The lowest BCUT2D eigenvalue weighted by atomic mass is 9.79. The van der Waals surface area contributed by atoms with Crippen LogP contribution in [0.2, 0.25) is 0 Å².